The summed E-state index contributed by atoms with van der Waals surface area (Å²) in [6, 6.07) is 0. The maximum Gasteiger partial charge on any atom is 0.112 e. The molecule has 4 nitrogen and oxygen atoms in total. The lowest BCUT2D eigenvalue weighted by Gasteiger charge is -2.25. The molecule has 0 unspecified atom stereocenters. The molecule has 0 bridgehead atoms. The predicted molar refractivity (Wildman–Crippen MR) is 84.2 cm³/mol. The molecule has 0 radical (unpaired) electrons. The third-order valence-electron chi connectivity index (χ3n) is 3.69. The van der Waals surface area contributed by atoms with Crippen molar-refractivity contribution in [3.8, 4) is 0 Å². The molecule has 0 spiro atoms. The van der Waals surface area contributed by atoms with Crippen molar-refractivity contribution in [3.63, 3.8) is 0 Å². The van der Waals surface area contributed by atoms with E-state index in [4.69, 9.17) is 9.72 Å². The van der Waals surface area contributed by atoms with Crippen LogP contribution in [0.4, 0.5) is 0 Å². The Morgan fingerprint density at radius 1 is 1.15 bits per heavy atom. The molecule has 3 rings (SSSR count). The van der Waals surface area contributed by atoms with Gasteiger partial charge in [-0.05, 0) is 19.8 Å². The van der Waals surface area contributed by atoms with Crippen LogP contribution in [0.25, 0.3) is 0 Å². The van der Waals surface area contributed by atoms with Crippen molar-refractivity contribution in [2.24, 2.45) is 0 Å². The highest BCUT2D eigenvalue weighted by Crippen LogP contribution is 2.28. The van der Waals surface area contributed by atoms with Gasteiger partial charge in [-0.3, -0.25) is 0 Å². The van der Waals surface area contributed by atoms with Gasteiger partial charge in [0.25, 0.3) is 0 Å². The highest BCUT2D eigenvalue weighted by atomic mass is 16.5. The first-order chi connectivity index (χ1) is 9.86. The first-order valence-electron chi connectivity index (χ1n) is 8.20. The van der Waals surface area contributed by atoms with Crippen molar-refractivity contribution in [1.29, 1.82) is 0 Å². The van der Waals surface area contributed by atoms with Crippen LogP contribution < -0.4 is 5.32 Å². The van der Waals surface area contributed by atoms with Gasteiger partial charge in [-0.1, -0.05) is 27.7 Å². The van der Waals surface area contributed by atoms with Crippen LogP contribution in [0.15, 0.2) is 0 Å². The molecular weight excluding hydrogens is 250 g/mol. The van der Waals surface area contributed by atoms with Gasteiger partial charge in [-0.2, -0.15) is 0 Å². The summed E-state index contributed by atoms with van der Waals surface area (Å²) in [4.78, 5) is 4.78. The zero-order valence-electron chi connectivity index (χ0n) is 13.8. The fourth-order valence-corrected chi connectivity index (χ4v) is 2.77. The highest BCUT2D eigenvalue weighted by Gasteiger charge is 2.25. The molecular formula is C16H31N3O. The average molecular weight is 281 g/mol. The van der Waals surface area contributed by atoms with E-state index < -0.39 is 0 Å². The van der Waals surface area contributed by atoms with E-state index in [-0.39, 0.29) is 0 Å². The number of rotatable bonds is 1. The van der Waals surface area contributed by atoms with Gasteiger partial charge in [0.2, 0.25) is 0 Å². The minimum absolute atomic E-state index is 0.610. The zero-order valence-corrected chi connectivity index (χ0v) is 13.8. The van der Waals surface area contributed by atoms with Crippen molar-refractivity contribution < 1.29 is 4.74 Å². The summed E-state index contributed by atoms with van der Waals surface area (Å²) in [6.45, 7) is 15.0. The minimum Gasteiger partial charge on any atom is -0.381 e. The summed E-state index contributed by atoms with van der Waals surface area (Å²) in [7, 11) is 0. The monoisotopic (exact) mass is 281 g/mol. The summed E-state index contributed by atoms with van der Waals surface area (Å²) in [5.41, 5.74) is 2.58. The molecule has 2 aliphatic rings. The molecule has 1 saturated heterocycles. The lowest BCUT2D eigenvalue weighted by Crippen LogP contribution is -2.30. The predicted octanol–water partition coefficient (Wildman–Crippen LogP) is 3.24. The van der Waals surface area contributed by atoms with Crippen LogP contribution in [-0.2, 0) is 17.8 Å². The molecule has 1 fully saturated rings. The average Bonchev–Trinajstić information content (AvgIpc) is 2.90. The van der Waals surface area contributed by atoms with Crippen LogP contribution in [0, 0.1) is 6.92 Å². The van der Waals surface area contributed by atoms with E-state index in [0.29, 0.717) is 5.92 Å². The topological polar surface area (TPSA) is 39.1 Å². The summed E-state index contributed by atoms with van der Waals surface area (Å²) >= 11 is 0. The number of aromatic nitrogens is 2. The van der Waals surface area contributed by atoms with Gasteiger partial charge >= 0.3 is 0 Å². The molecule has 2 aliphatic heterocycles. The van der Waals surface area contributed by atoms with Crippen LogP contribution >= 0.6 is 0 Å². The van der Waals surface area contributed by atoms with Crippen molar-refractivity contribution in [2.75, 3.05) is 19.8 Å². The largest absolute Gasteiger partial charge is 0.381 e. The summed E-state index contributed by atoms with van der Waals surface area (Å²) in [6.07, 6.45) is 2.26. The number of nitrogens with one attached hydrogen (secondary N) is 1. The molecule has 0 aromatic carbocycles. The van der Waals surface area contributed by atoms with Crippen molar-refractivity contribution in [2.45, 2.75) is 66.5 Å². The molecule has 4 heteroatoms. The minimum atomic E-state index is 0.610. The first kappa shape index (κ1) is 17.2. The van der Waals surface area contributed by atoms with E-state index in [1.165, 1.54) is 17.2 Å². The molecule has 116 valence electrons. The van der Waals surface area contributed by atoms with E-state index in [1.807, 2.05) is 27.7 Å². The third-order valence-corrected chi connectivity index (χ3v) is 3.69. The van der Waals surface area contributed by atoms with E-state index >= 15 is 0 Å². The summed E-state index contributed by atoms with van der Waals surface area (Å²) in [5.74, 6) is 1.91. The van der Waals surface area contributed by atoms with Gasteiger partial charge < -0.3 is 14.6 Å². The Morgan fingerprint density at radius 3 is 2.45 bits per heavy atom. The highest BCUT2D eigenvalue weighted by molar-refractivity contribution is 5.20. The van der Waals surface area contributed by atoms with Crippen LogP contribution in [0.3, 0.4) is 0 Å². The lowest BCUT2D eigenvalue weighted by atomic mass is 9.99. The van der Waals surface area contributed by atoms with Crippen LogP contribution in [0.5, 0.6) is 0 Å². The van der Waals surface area contributed by atoms with Crippen LogP contribution in [0.1, 0.15) is 63.7 Å². The van der Waals surface area contributed by atoms with Crippen LogP contribution in [-0.4, -0.2) is 29.3 Å². The summed E-state index contributed by atoms with van der Waals surface area (Å²) in [5, 5.41) is 3.41. The standard InChI is InChI=1S/C12H19N3O.2C2H6/c1-9-11-8-13-4-5-15(11)12(14-9)10-2-6-16-7-3-10;2*1-2/h10,13H,2-8H2,1H3;2*1-2H3. The third kappa shape index (κ3) is 3.83. The van der Waals surface area contributed by atoms with Gasteiger partial charge in [0.15, 0.2) is 0 Å². The molecule has 0 aliphatic carbocycles. The fourth-order valence-electron chi connectivity index (χ4n) is 2.77. The first-order valence-corrected chi connectivity index (χ1v) is 8.20. The molecule has 0 saturated carbocycles. The molecule has 0 amide bonds. The maximum atomic E-state index is 5.42. The smallest absolute Gasteiger partial charge is 0.112 e. The Hall–Kier alpha value is -0.870. The molecule has 20 heavy (non-hydrogen) atoms. The van der Waals surface area contributed by atoms with Crippen molar-refractivity contribution >= 4 is 0 Å². The Morgan fingerprint density at radius 2 is 1.80 bits per heavy atom. The number of nitrogens with zero attached hydrogens (tertiary/aromatic N) is 2. The molecule has 1 N–H and O–H groups in total. The molecule has 0 atom stereocenters. The van der Waals surface area contributed by atoms with Crippen LogP contribution in [0.2, 0.25) is 0 Å². The van der Waals surface area contributed by atoms with Gasteiger partial charge in [-0.25, -0.2) is 4.98 Å². The van der Waals surface area contributed by atoms with E-state index in [9.17, 15) is 0 Å². The SMILES string of the molecule is CC.CC.Cc1nc(C2CCOCC2)n2c1CNCC2. The van der Waals surface area contributed by atoms with E-state index in [0.717, 1.165) is 45.7 Å². The normalized spacial score (nSPS) is 18.2. The maximum absolute atomic E-state index is 5.42. The van der Waals surface area contributed by atoms with Crippen molar-refractivity contribution in [3.05, 3.63) is 17.2 Å². The number of ether oxygens (including phenoxy) is 1. The van der Waals surface area contributed by atoms with Gasteiger partial charge in [0.05, 0.1) is 11.4 Å². The Balaban J connectivity index is 0.000000461. The van der Waals surface area contributed by atoms with E-state index in [2.05, 4.69) is 16.8 Å². The quantitative estimate of drug-likeness (QED) is 0.859. The van der Waals surface area contributed by atoms with Crippen molar-refractivity contribution in [1.82, 2.24) is 14.9 Å². The van der Waals surface area contributed by atoms with E-state index in [1.54, 1.807) is 0 Å². The number of fused-ring (bicyclic) bond motifs is 1. The van der Waals surface area contributed by atoms with Gasteiger partial charge in [0.1, 0.15) is 5.82 Å². The number of imidazole rings is 1. The number of hydrogen-bond acceptors (Lipinski definition) is 3. The second kappa shape index (κ2) is 9.14. The number of aryl methyl sites for hydroxylation is 1. The Bertz CT molecular complexity index is 381. The Kier molecular flexibility index (Phi) is 7.85. The molecule has 1 aromatic rings. The molecule has 1 aromatic heterocycles. The Labute approximate surface area is 123 Å². The zero-order chi connectivity index (χ0) is 15.0. The van der Waals surface area contributed by atoms with Gasteiger partial charge in [-0.15, -0.1) is 0 Å². The second-order valence-electron chi connectivity index (χ2n) is 4.72. The van der Waals surface area contributed by atoms with Gasteiger partial charge in [0, 0.05) is 38.8 Å². The fraction of sp³-hybridized carbons (Fsp3) is 0.812. The lowest BCUT2D eigenvalue weighted by molar-refractivity contribution is 0.0826. The second-order valence-corrected chi connectivity index (χ2v) is 4.72. The molecule has 3 heterocycles. The summed E-state index contributed by atoms with van der Waals surface area (Å²) < 4.78 is 7.86. The number of hydrogen-bond donors (Lipinski definition) is 1.